The van der Waals surface area contributed by atoms with Crippen molar-refractivity contribution < 1.29 is 23.9 Å². The number of ether oxygens (including phenoxy) is 2. The predicted molar refractivity (Wildman–Crippen MR) is 51.9 cm³/mol. The van der Waals surface area contributed by atoms with Crippen molar-refractivity contribution in [1.82, 2.24) is 0 Å². The fourth-order valence-electron chi connectivity index (χ4n) is 0.827. The van der Waals surface area contributed by atoms with Gasteiger partial charge in [0.05, 0.1) is 0 Å². The zero-order chi connectivity index (χ0) is 11.7. The van der Waals surface area contributed by atoms with E-state index < -0.39 is 24.5 Å². The van der Waals surface area contributed by atoms with Crippen LogP contribution in [0.15, 0.2) is 0 Å². The lowest BCUT2D eigenvalue weighted by Crippen LogP contribution is -2.19. The van der Waals surface area contributed by atoms with Gasteiger partial charge in [0.15, 0.2) is 6.61 Å². The molecule has 0 heterocycles. The minimum Gasteiger partial charge on any atom is -0.454 e. The van der Waals surface area contributed by atoms with Gasteiger partial charge >= 0.3 is 17.9 Å². The molecule has 0 aliphatic carbocycles. The minimum absolute atomic E-state index is 0.189. The van der Waals surface area contributed by atoms with Crippen LogP contribution in [0.1, 0.15) is 39.5 Å². The number of rotatable bonds is 6. The summed E-state index contributed by atoms with van der Waals surface area (Å²) < 4.78 is 8.92. The molecule has 0 amide bonds. The van der Waals surface area contributed by atoms with E-state index in [1.807, 2.05) is 6.92 Å². The lowest BCUT2D eigenvalue weighted by atomic mass is 10.3. The molecule has 0 spiro atoms. The first-order valence-corrected chi connectivity index (χ1v) is 4.99. The van der Waals surface area contributed by atoms with Crippen LogP contribution in [-0.2, 0) is 23.9 Å². The Bertz CT molecular complexity index is 234. The summed E-state index contributed by atoms with van der Waals surface area (Å²) >= 11 is 0. The molecule has 0 saturated heterocycles. The number of carbonyl (C=O) groups excluding carboxylic acids is 3. The van der Waals surface area contributed by atoms with Gasteiger partial charge < -0.3 is 9.47 Å². The zero-order valence-electron chi connectivity index (χ0n) is 9.08. The van der Waals surface area contributed by atoms with Gasteiger partial charge in [0.1, 0.15) is 0 Å². The van der Waals surface area contributed by atoms with Crippen LogP contribution >= 0.6 is 0 Å². The Balaban J connectivity index is 3.66. The van der Waals surface area contributed by atoms with Crippen molar-refractivity contribution in [2.24, 2.45) is 0 Å². The van der Waals surface area contributed by atoms with Crippen molar-refractivity contribution in [3.8, 4) is 0 Å². The summed E-state index contributed by atoms with van der Waals surface area (Å²) in [6.07, 6.45) is 1.72. The number of esters is 3. The van der Waals surface area contributed by atoms with E-state index in [2.05, 4.69) is 9.47 Å². The van der Waals surface area contributed by atoms with E-state index in [4.69, 9.17) is 0 Å². The Kier molecular flexibility index (Phi) is 7.23. The normalized spacial score (nSPS) is 9.47. The van der Waals surface area contributed by atoms with Gasteiger partial charge in [0.25, 0.3) is 0 Å². The summed E-state index contributed by atoms with van der Waals surface area (Å²) in [7, 11) is 0. The molecule has 15 heavy (non-hydrogen) atoms. The average Bonchev–Trinajstić information content (AvgIpc) is 2.15. The maximum absolute atomic E-state index is 10.9. The fourth-order valence-corrected chi connectivity index (χ4v) is 0.827. The van der Waals surface area contributed by atoms with Crippen molar-refractivity contribution in [1.29, 1.82) is 0 Å². The molecule has 0 rings (SSSR count). The molecule has 5 heteroatoms. The van der Waals surface area contributed by atoms with Crippen molar-refractivity contribution in [3.63, 3.8) is 0 Å². The summed E-state index contributed by atoms with van der Waals surface area (Å²) in [4.78, 5) is 32.6. The third-order valence-electron chi connectivity index (χ3n) is 1.49. The molecule has 0 unspecified atom stereocenters. The maximum Gasteiger partial charge on any atom is 0.351 e. The number of hydrogen-bond donors (Lipinski definition) is 0. The molecule has 0 fully saturated rings. The van der Waals surface area contributed by atoms with Crippen LogP contribution in [0.5, 0.6) is 0 Å². The quantitative estimate of drug-likeness (QED) is 0.493. The van der Waals surface area contributed by atoms with E-state index in [1.165, 1.54) is 0 Å². The third-order valence-corrected chi connectivity index (χ3v) is 1.49. The second kappa shape index (κ2) is 7.96. The van der Waals surface area contributed by atoms with Crippen LogP contribution in [0.2, 0.25) is 0 Å². The van der Waals surface area contributed by atoms with Crippen molar-refractivity contribution >= 4 is 17.9 Å². The zero-order valence-corrected chi connectivity index (χ0v) is 9.08. The highest BCUT2D eigenvalue weighted by molar-refractivity contribution is 5.87. The van der Waals surface area contributed by atoms with Gasteiger partial charge in [0.2, 0.25) is 0 Å². The van der Waals surface area contributed by atoms with Crippen molar-refractivity contribution in [3.05, 3.63) is 0 Å². The van der Waals surface area contributed by atoms with E-state index in [1.54, 1.807) is 6.92 Å². The molecule has 0 aliphatic heterocycles. The maximum atomic E-state index is 10.9. The molecule has 0 bridgehead atoms. The van der Waals surface area contributed by atoms with Gasteiger partial charge in [0, 0.05) is 12.8 Å². The molecule has 0 aliphatic rings. The minimum atomic E-state index is -0.821. The molecule has 0 saturated carbocycles. The van der Waals surface area contributed by atoms with Gasteiger partial charge in [-0.05, 0) is 12.8 Å². The van der Waals surface area contributed by atoms with Crippen LogP contribution in [0, 0.1) is 0 Å². The molecule has 5 nitrogen and oxygen atoms in total. The molecular weight excluding hydrogens is 200 g/mol. The summed E-state index contributed by atoms with van der Waals surface area (Å²) in [6.45, 7) is 3.13. The highest BCUT2D eigenvalue weighted by Gasteiger charge is 2.11. The molecular formula is C10H16O5. The first-order valence-electron chi connectivity index (χ1n) is 4.99. The Morgan fingerprint density at radius 3 is 1.93 bits per heavy atom. The van der Waals surface area contributed by atoms with Gasteiger partial charge in [-0.25, -0.2) is 4.79 Å². The van der Waals surface area contributed by atoms with E-state index in [0.29, 0.717) is 12.8 Å². The summed E-state index contributed by atoms with van der Waals surface area (Å²) in [5.41, 5.74) is 0. The SMILES string of the molecule is CCCC(=O)OCC(=O)OC(=O)CCC. The van der Waals surface area contributed by atoms with Crippen molar-refractivity contribution in [2.45, 2.75) is 39.5 Å². The number of hydrogen-bond acceptors (Lipinski definition) is 5. The van der Waals surface area contributed by atoms with E-state index in [0.717, 1.165) is 0 Å². The van der Waals surface area contributed by atoms with Gasteiger partial charge in [-0.15, -0.1) is 0 Å². The van der Waals surface area contributed by atoms with Crippen LogP contribution in [0.4, 0.5) is 0 Å². The molecule has 0 aromatic carbocycles. The van der Waals surface area contributed by atoms with Crippen LogP contribution in [-0.4, -0.2) is 24.5 Å². The third kappa shape index (κ3) is 7.66. The van der Waals surface area contributed by atoms with Crippen molar-refractivity contribution in [2.75, 3.05) is 6.61 Å². The van der Waals surface area contributed by atoms with Crippen LogP contribution in [0.3, 0.4) is 0 Å². The molecule has 86 valence electrons. The van der Waals surface area contributed by atoms with E-state index in [-0.39, 0.29) is 12.8 Å². The van der Waals surface area contributed by atoms with Crippen LogP contribution < -0.4 is 0 Å². The average molecular weight is 216 g/mol. The van der Waals surface area contributed by atoms with Gasteiger partial charge in [-0.3, -0.25) is 9.59 Å². The van der Waals surface area contributed by atoms with Gasteiger partial charge in [-0.2, -0.15) is 0 Å². The lowest BCUT2D eigenvalue weighted by Gasteiger charge is -2.03. The Morgan fingerprint density at radius 1 is 0.867 bits per heavy atom. The van der Waals surface area contributed by atoms with E-state index >= 15 is 0 Å². The first-order chi connectivity index (χ1) is 7.10. The molecule has 0 atom stereocenters. The smallest absolute Gasteiger partial charge is 0.351 e. The monoisotopic (exact) mass is 216 g/mol. The lowest BCUT2D eigenvalue weighted by molar-refractivity contribution is -0.167. The Morgan fingerprint density at radius 2 is 1.40 bits per heavy atom. The Hall–Kier alpha value is -1.39. The van der Waals surface area contributed by atoms with Crippen LogP contribution in [0.25, 0.3) is 0 Å². The fraction of sp³-hybridized carbons (Fsp3) is 0.700. The molecule has 0 radical (unpaired) electrons. The topological polar surface area (TPSA) is 69.7 Å². The molecule has 0 aromatic rings. The second-order valence-corrected chi connectivity index (χ2v) is 3.01. The highest BCUT2D eigenvalue weighted by Crippen LogP contribution is 1.94. The Labute approximate surface area is 88.7 Å². The second-order valence-electron chi connectivity index (χ2n) is 3.01. The first kappa shape index (κ1) is 13.6. The summed E-state index contributed by atoms with van der Waals surface area (Å²) in [5.74, 6) is -1.87. The summed E-state index contributed by atoms with van der Waals surface area (Å²) in [5, 5.41) is 0. The molecule has 0 aromatic heterocycles. The summed E-state index contributed by atoms with van der Waals surface area (Å²) in [6, 6.07) is 0. The number of carbonyl (C=O) groups is 3. The molecule has 0 N–H and O–H groups in total. The van der Waals surface area contributed by atoms with Gasteiger partial charge in [-0.1, -0.05) is 13.8 Å². The predicted octanol–water partition coefficient (Wildman–Crippen LogP) is 1.20. The highest BCUT2D eigenvalue weighted by atomic mass is 16.6. The largest absolute Gasteiger partial charge is 0.454 e. The standard InChI is InChI=1S/C10H16O5/c1-3-5-8(11)14-7-10(13)15-9(12)6-4-2/h3-7H2,1-2H3. The van der Waals surface area contributed by atoms with E-state index in [9.17, 15) is 14.4 Å².